The van der Waals surface area contributed by atoms with Crippen molar-refractivity contribution in [3.8, 4) is 5.69 Å². The van der Waals surface area contributed by atoms with Gasteiger partial charge in [-0.15, -0.1) is 0 Å². The number of nitrogens with two attached hydrogens (primary N) is 1. The van der Waals surface area contributed by atoms with Gasteiger partial charge in [0.15, 0.2) is 5.69 Å². The molecule has 0 radical (unpaired) electrons. The molecule has 112 valence electrons. The minimum atomic E-state index is -0.379. The van der Waals surface area contributed by atoms with Crippen LogP contribution in [0.2, 0.25) is 0 Å². The van der Waals surface area contributed by atoms with Gasteiger partial charge in [0.25, 0.3) is 5.91 Å². The fourth-order valence-corrected chi connectivity index (χ4v) is 1.90. The van der Waals surface area contributed by atoms with E-state index in [1.165, 1.54) is 0 Å². The summed E-state index contributed by atoms with van der Waals surface area (Å²) in [7, 11) is 0. The number of benzene rings is 1. The molecule has 0 aliphatic heterocycles. The van der Waals surface area contributed by atoms with Crippen LogP contribution in [0.1, 0.15) is 30.3 Å². The summed E-state index contributed by atoms with van der Waals surface area (Å²) in [5.74, 6) is -0.249. The lowest BCUT2D eigenvalue weighted by Crippen LogP contribution is -2.27. The molecule has 2 rings (SSSR count). The maximum atomic E-state index is 11.9. The van der Waals surface area contributed by atoms with E-state index in [1.807, 2.05) is 19.1 Å². The molecule has 0 aliphatic rings. The lowest BCUT2D eigenvalue weighted by atomic mass is 10.2. The van der Waals surface area contributed by atoms with E-state index >= 15 is 0 Å². The summed E-state index contributed by atoms with van der Waals surface area (Å²) < 4.78 is 1.60. The fraction of sp³-hybridized carbons (Fsp3) is 0.333. The van der Waals surface area contributed by atoms with Crippen LogP contribution in [-0.2, 0) is 0 Å². The van der Waals surface area contributed by atoms with Gasteiger partial charge < -0.3 is 16.2 Å². The highest BCUT2D eigenvalue weighted by Crippen LogP contribution is 2.11. The molecule has 1 aromatic carbocycles. The zero-order chi connectivity index (χ0) is 15.2. The first-order chi connectivity index (χ1) is 10.1. The van der Waals surface area contributed by atoms with Gasteiger partial charge in [-0.25, -0.2) is 4.68 Å². The van der Waals surface area contributed by atoms with Crippen molar-refractivity contribution in [3.63, 3.8) is 0 Å². The minimum absolute atomic E-state index is 0.249. The first-order valence-corrected chi connectivity index (χ1v) is 6.98. The zero-order valence-corrected chi connectivity index (χ0v) is 12.0. The molecule has 6 heteroatoms. The Kier molecular flexibility index (Phi) is 4.94. The topological polar surface area (TPSA) is 93.2 Å². The van der Waals surface area contributed by atoms with E-state index in [0.717, 1.165) is 5.69 Å². The van der Waals surface area contributed by atoms with Gasteiger partial charge in [-0.05, 0) is 37.1 Å². The van der Waals surface area contributed by atoms with Crippen molar-refractivity contribution in [1.82, 2.24) is 15.1 Å². The number of hydrogen-bond acceptors (Lipinski definition) is 4. The molecule has 0 fully saturated rings. The van der Waals surface area contributed by atoms with Crippen LogP contribution in [0.15, 0.2) is 36.5 Å². The smallest absolute Gasteiger partial charge is 0.271 e. The molecule has 6 nitrogen and oxygen atoms in total. The molecule has 1 heterocycles. The van der Waals surface area contributed by atoms with Gasteiger partial charge in [-0.1, -0.05) is 13.0 Å². The van der Waals surface area contributed by atoms with E-state index in [4.69, 9.17) is 5.73 Å². The Labute approximate surface area is 123 Å². The average molecular weight is 288 g/mol. The van der Waals surface area contributed by atoms with Gasteiger partial charge in [-0.3, -0.25) is 4.79 Å². The SMILES string of the molecule is CCC(O)CCNC(=O)c1ccn(-c2cccc(N)c2)n1. The number of carbonyl (C=O) groups is 1. The molecule has 1 aromatic heterocycles. The number of aliphatic hydroxyl groups is 1. The molecular weight excluding hydrogens is 268 g/mol. The van der Waals surface area contributed by atoms with Gasteiger partial charge in [0.1, 0.15) is 0 Å². The number of hydrogen-bond donors (Lipinski definition) is 3. The van der Waals surface area contributed by atoms with Crippen molar-refractivity contribution in [1.29, 1.82) is 0 Å². The summed E-state index contributed by atoms with van der Waals surface area (Å²) in [6.45, 7) is 2.33. The zero-order valence-electron chi connectivity index (χ0n) is 12.0. The maximum Gasteiger partial charge on any atom is 0.271 e. The van der Waals surface area contributed by atoms with Crippen LogP contribution < -0.4 is 11.1 Å². The van der Waals surface area contributed by atoms with Crippen molar-refractivity contribution in [2.75, 3.05) is 12.3 Å². The number of nitrogens with zero attached hydrogens (tertiary/aromatic N) is 2. The molecule has 1 unspecified atom stereocenters. The monoisotopic (exact) mass is 288 g/mol. The van der Waals surface area contributed by atoms with Crippen molar-refractivity contribution >= 4 is 11.6 Å². The minimum Gasteiger partial charge on any atom is -0.399 e. The van der Waals surface area contributed by atoms with Gasteiger partial charge in [-0.2, -0.15) is 5.10 Å². The van der Waals surface area contributed by atoms with Crippen LogP contribution in [0.25, 0.3) is 5.69 Å². The number of amides is 1. The number of nitrogen functional groups attached to an aromatic ring is 1. The molecule has 4 N–H and O–H groups in total. The molecule has 0 spiro atoms. The Bertz CT molecular complexity index is 609. The second-order valence-electron chi connectivity index (χ2n) is 4.85. The largest absolute Gasteiger partial charge is 0.399 e. The highest BCUT2D eigenvalue weighted by Gasteiger charge is 2.10. The molecule has 1 amide bonds. The van der Waals surface area contributed by atoms with Crippen LogP contribution in [0, 0.1) is 0 Å². The van der Waals surface area contributed by atoms with Gasteiger partial charge in [0.2, 0.25) is 0 Å². The number of nitrogens with one attached hydrogen (secondary N) is 1. The molecule has 0 saturated carbocycles. The van der Waals surface area contributed by atoms with Gasteiger partial charge >= 0.3 is 0 Å². The molecular formula is C15H20N4O2. The van der Waals surface area contributed by atoms with Crippen LogP contribution in [0.5, 0.6) is 0 Å². The number of aliphatic hydroxyl groups excluding tert-OH is 1. The van der Waals surface area contributed by atoms with E-state index in [9.17, 15) is 9.90 Å². The highest BCUT2D eigenvalue weighted by atomic mass is 16.3. The van der Waals surface area contributed by atoms with E-state index in [-0.39, 0.29) is 12.0 Å². The van der Waals surface area contributed by atoms with Gasteiger partial charge in [0.05, 0.1) is 11.8 Å². The third kappa shape index (κ3) is 4.06. The fourth-order valence-electron chi connectivity index (χ4n) is 1.90. The lowest BCUT2D eigenvalue weighted by Gasteiger charge is -2.07. The predicted molar refractivity (Wildman–Crippen MR) is 81.2 cm³/mol. The van der Waals surface area contributed by atoms with E-state index < -0.39 is 0 Å². The molecule has 21 heavy (non-hydrogen) atoms. The summed E-state index contributed by atoms with van der Waals surface area (Å²) in [6.07, 6.45) is 2.55. The first-order valence-electron chi connectivity index (χ1n) is 6.98. The van der Waals surface area contributed by atoms with Crippen molar-refractivity contribution in [2.24, 2.45) is 0 Å². The number of carbonyl (C=O) groups excluding carboxylic acids is 1. The second-order valence-corrected chi connectivity index (χ2v) is 4.85. The summed E-state index contributed by atoms with van der Waals surface area (Å²) in [5.41, 5.74) is 7.50. The highest BCUT2D eigenvalue weighted by molar-refractivity contribution is 5.92. The molecule has 2 aromatic rings. The summed E-state index contributed by atoms with van der Waals surface area (Å²) >= 11 is 0. The normalized spacial score (nSPS) is 12.1. The number of anilines is 1. The Morgan fingerprint density at radius 2 is 2.29 bits per heavy atom. The Hall–Kier alpha value is -2.34. The maximum absolute atomic E-state index is 11.9. The number of rotatable bonds is 6. The lowest BCUT2D eigenvalue weighted by molar-refractivity contribution is 0.0936. The third-order valence-electron chi connectivity index (χ3n) is 3.19. The second kappa shape index (κ2) is 6.90. The molecule has 1 atom stereocenters. The van der Waals surface area contributed by atoms with Crippen molar-refractivity contribution in [2.45, 2.75) is 25.9 Å². The summed E-state index contributed by atoms with van der Waals surface area (Å²) in [4.78, 5) is 11.9. The molecule has 0 bridgehead atoms. The van der Waals surface area contributed by atoms with Crippen molar-refractivity contribution in [3.05, 3.63) is 42.2 Å². The molecule has 0 aliphatic carbocycles. The number of aromatic nitrogens is 2. The third-order valence-corrected chi connectivity index (χ3v) is 3.19. The predicted octanol–water partition coefficient (Wildman–Crippen LogP) is 1.35. The Morgan fingerprint density at radius 1 is 1.48 bits per heavy atom. The quantitative estimate of drug-likeness (QED) is 0.699. The molecule has 0 saturated heterocycles. The first kappa shape index (κ1) is 15.1. The van der Waals surface area contributed by atoms with Crippen LogP contribution in [-0.4, -0.2) is 33.4 Å². The van der Waals surface area contributed by atoms with E-state index in [0.29, 0.717) is 30.8 Å². The van der Waals surface area contributed by atoms with E-state index in [1.54, 1.807) is 29.1 Å². The summed E-state index contributed by atoms with van der Waals surface area (Å²) in [5, 5.41) is 16.4. The Morgan fingerprint density at radius 3 is 3.00 bits per heavy atom. The average Bonchev–Trinajstić information content (AvgIpc) is 2.97. The standard InChI is InChI=1S/C15H20N4O2/c1-2-13(20)6-8-17-15(21)14-7-9-19(18-14)12-5-3-4-11(16)10-12/h3-5,7,9-10,13,20H,2,6,8,16H2,1H3,(H,17,21). The van der Waals surface area contributed by atoms with Crippen LogP contribution >= 0.6 is 0 Å². The van der Waals surface area contributed by atoms with Crippen LogP contribution in [0.4, 0.5) is 5.69 Å². The van der Waals surface area contributed by atoms with E-state index in [2.05, 4.69) is 10.4 Å². The van der Waals surface area contributed by atoms with Crippen LogP contribution in [0.3, 0.4) is 0 Å². The Balaban J connectivity index is 1.98. The van der Waals surface area contributed by atoms with Gasteiger partial charge in [0, 0.05) is 18.4 Å². The summed E-state index contributed by atoms with van der Waals surface area (Å²) in [6, 6.07) is 8.92. The van der Waals surface area contributed by atoms with Crippen molar-refractivity contribution < 1.29 is 9.90 Å².